The predicted molar refractivity (Wildman–Crippen MR) is 102 cm³/mol. The molecule has 0 saturated carbocycles. The number of benzene rings is 1. The van der Waals surface area contributed by atoms with Crippen molar-refractivity contribution in [3.8, 4) is 5.75 Å². The van der Waals surface area contributed by atoms with Crippen LogP contribution >= 0.6 is 0 Å². The molecule has 1 aromatic rings. The Bertz CT molecular complexity index is 750. The van der Waals surface area contributed by atoms with Gasteiger partial charge < -0.3 is 14.4 Å². The van der Waals surface area contributed by atoms with Crippen molar-refractivity contribution in [2.45, 2.75) is 24.5 Å². The smallest absolute Gasteiger partial charge is 0.248 e. The molecule has 0 aromatic heterocycles. The van der Waals surface area contributed by atoms with Crippen molar-refractivity contribution in [2.75, 3.05) is 47.0 Å². The van der Waals surface area contributed by atoms with Gasteiger partial charge in [0.2, 0.25) is 15.9 Å². The molecule has 27 heavy (non-hydrogen) atoms. The SMILES string of the molecule is COCC(=O)N1CC[C@@H]2CN(CCc3ccc(OC)cc3)S(=O)(=O)[C@@H]2CC1. The van der Waals surface area contributed by atoms with Crippen LogP contribution in [0, 0.1) is 5.92 Å². The Balaban J connectivity index is 1.60. The number of hydrogen-bond donors (Lipinski definition) is 0. The van der Waals surface area contributed by atoms with Gasteiger partial charge in [-0.15, -0.1) is 0 Å². The van der Waals surface area contributed by atoms with Crippen LogP contribution in [0.4, 0.5) is 0 Å². The number of sulfonamides is 1. The molecule has 2 fully saturated rings. The Kier molecular flexibility index (Phi) is 6.39. The zero-order chi connectivity index (χ0) is 19.4. The van der Waals surface area contributed by atoms with Gasteiger partial charge in [0.05, 0.1) is 12.4 Å². The highest BCUT2D eigenvalue weighted by atomic mass is 32.2. The minimum absolute atomic E-state index is 0.0517. The minimum atomic E-state index is -3.32. The summed E-state index contributed by atoms with van der Waals surface area (Å²) in [6.45, 7) is 2.18. The number of ether oxygens (including phenoxy) is 2. The summed E-state index contributed by atoms with van der Waals surface area (Å²) in [6, 6.07) is 7.73. The fourth-order valence-electron chi connectivity index (χ4n) is 4.02. The van der Waals surface area contributed by atoms with Crippen LogP contribution in [0.2, 0.25) is 0 Å². The largest absolute Gasteiger partial charge is 0.497 e. The summed E-state index contributed by atoms with van der Waals surface area (Å²) in [5, 5.41) is -0.381. The molecule has 2 heterocycles. The van der Waals surface area contributed by atoms with Crippen molar-refractivity contribution >= 4 is 15.9 Å². The van der Waals surface area contributed by atoms with Gasteiger partial charge in [0.1, 0.15) is 12.4 Å². The summed E-state index contributed by atoms with van der Waals surface area (Å²) in [5.74, 6) is 0.819. The molecule has 0 radical (unpaired) electrons. The fourth-order valence-corrected chi connectivity index (χ4v) is 6.26. The van der Waals surface area contributed by atoms with Crippen molar-refractivity contribution in [1.29, 1.82) is 0 Å². The van der Waals surface area contributed by atoms with Crippen LogP contribution in [0.1, 0.15) is 18.4 Å². The van der Waals surface area contributed by atoms with Crippen LogP contribution < -0.4 is 4.74 Å². The van der Waals surface area contributed by atoms with Gasteiger partial charge in [-0.3, -0.25) is 4.79 Å². The summed E-state index contributed by atoms with van der Waals surface area (Å²) in [6.07, 6.45) is 1.90. The molecule has 2 aliphatic rings. The monoisotopic (exact) mass is 396 g/mol. The maximum atomic E-state index is 13.0. The lowest BCUT2D eigenvalue weighted by molar-refractivity contribution is -0.135. The fraction of sp³-hybridized carbons (Fsp3) is 0.632. The molecule has 3 rings (SSSR count). The molecule has 0 N–H and O–H groups in total. The second-order valence-electron chi connectivity index (χ2n) is 7.19. The van der Waals surface area contributed by atoms with Gasteiger partial charge in [-0.2, -0.15) is 0 Å². The van der Waals surface area contributed by atoms with E-state index < -0.39 is 10.0 Å². The number of hydrogen-bond acceptors (Lipinski definition) is 5. The first kappa shape index (κ1) is 20.1. The lowest BCUT2D eigenvalue weighted by Crippen LogP contribution is -2.36. The van der Waals surface area contributed by atoms with E-state index in [1.807, 2.05) is 24.3 Å². The zero-order valence-electron chi connectivity index (χ0n) is 16.0. The van der Waals surface area contributed by atoms with E-state index in [2.05, 4.69) is 0 Å². The number of likely N-dealkylation sites (tertiary alicyclic amines) is 1. The van der Waals surface area contributed by atoms with Gasteiger partial charge >= 0.3 is 0 Å². The zero-order valence-corrected chi connectivity index (χ0v) is 16.8. The van der Waals surface area contributed by atoms with Crippen molar-refractivity contribution < 1.29 is 22.7 Å². The molecule has 8 heteroatoms. The molecule has 0 aliphatic carbocycles. The molecule has 2 atom stereocenters. The van der Waals surface area contributed by atoms with Crippen LogP contribution in [0.25, 0.3) is 0 Å². The Morgan fingerprint density at radius 3 is 2.52 bits per heavy atom. The molecule has 2 aliphatic heterocycles. The molecule has 0 unspecified atom stereocenters. The second-order valence-corrected chi connectivity index (χ2v) is 9.34. The van der Waals surface area contributed by atoms with E-state index in [1.165, 1.54) is 7.11 Å². The first-order valence-corrected chi connectivity index (χ1v) is 10.8. The van der Waals surface area contributed by atoms with Gasteiger partial charge in [0.15, 0.2) is 0 Å². The first-order chi connectivity index (χ1) is 13.0. The maximum Gasteiger partial charge on any atom is 0.248 e. The van der Waals surface area contributed by atoms with Crippen LogP contribution in [0.3, 0.4) is 0 Å². The van der Waals surface area contributed by atoms with E-state index in [9.17, 15) is 13.2 Å². The average Bonchev–Trinajstić information content (AvgIpc) is 2.80. The Morgan fingerprint density at radius 1 is 1.15 bits per heavy atom. The van der Waals surface area contributed by atoms with Gasteiger partial charge in [0, 0.05) is 33.3 Å². The van der Waals surface area contributed by atoms with Crippen LogP contribution in [0.5, 0.6) is 5.75 Å². The summed E-state index contributed by atoms with van der Waals surface area (Å²) in [4.78, 5) is 13.8. The second kappa shape index (κ2) is 8.58. The van der Waals surface area contributed by atoms with Crippen molar-refractivity contribution in [3.63, 3.8) is 0 Å². The number of fused-ring (bicyclic) bond motifs is 1. The number of carbonyl (C=O) groups is 1. The Morgan fingerprint density at radius 2 is 1.85 bits per heavy atom. The van der Waals surface area contributed by atoms with Crippen LogP contribution in [-0.2, 0) is 26.0 Å². The number of amides is 1. The third-order valence-electron chi connectivity index (χ3n) is 5.59. The lowest BCUT2D eigenvalue weighted by atomic mass is 10.0. The number of rotatable bonds is 6. The van der Waals surface area contributed by atoms with Crippen molar-refractivity contribution in [1.82, 2.24) is 9.21 Å². The summed E-state index contributed by atoms with van der Waals surface area (Å²) >= 11 is 0. The maximum absolute atomic E-state index is 13.0. The van der Waals surface area contributed by atoms with E-state index in [1.54, 1.807) is 16.3 Å². The topological polar surface area (TPSA) is 76.2 Å². The molecule has 150 valence electrons. The standard InChI is InChI=1S/C19H28N2O5S/c1-25-14-19(22)20-10-8-16-13-21(27(23,24)18(16)9-11-20)12-7-15-3-5-17(26-2)6-4-15/h3-6,16,18H,7-14H2,1-2H3/t16-,18-/m1/s1. The highest BCUT2D eigenvalue weighted by Crippen LogP contribution is 2.34. The van der Waals surface area contributed by atoms with E-state index in [-0.39, 0.29) is 23.7 Å². The normalized spacial score (nSPS) is 25.0. The van der Waals surface area contributed by atoms with Crippen LogP contribution in [-0.4, -0.2) is 75.8 Å². The minimum Gasteiger partial charge on any atom is -0.497 e. The van der Waals surface area contributed by atoms with E-state index in [0.29, 0.717) is 39.0 Å². The molecule has 1 aromatic carbocycles. The number of carbonyl (C=O) groups excluding carboxylic acids is 1. The Labute approximate surface area is 161 Å². The third kappa shape index (κ3) is 4.44. The van der Waals surface area contributed by atoms with Crippen molar-refractivity contribution in [3.05, 3.63) is 29.8 Å². The van der Waals surface area contributed by atoms with E-state index in [0.717, 1.165) is 17.7 Å². The lowest BCUT2D eigenvalue weighted by Gasteiger charge is -2.22. The highest BCUT2D eigenvalue weighted by Gasteiger charge is 2.46. The van der Waals surface area contributed by atoms with Crippen LogP contribution in [0.15, 0.2) is 24.3 Å². The summed E-state index contributed by atoms with van der Waals surface area (Å²) in [7, 11) is -0.196. The molecule has 2 saturated heterocycles. The molecular weight excluding hydrogens is 368 g/mol. The van der Waals surface area contributed by atoms with Gasteiger partial charge in [-0.25, -0.2) is 12.7 Å². The number of nitrogens with zero attached hydrogens (tertiary/aromatic N) is 2. The van der Waals surface area contributed by atoms with Gasteiger partial charge in [-0.1, -0.05) is 12.1 Å². The first-order valence-electron chi connectivity index (χ1n) is 9.34. The van der Waals surface area contributed by atoms with Gasteiger partial charge in [0.25, 0.3) is 0 Å². The quantitative estimate of drug-likeness (QED) is 0.721. The molecule has 7 nitrogen and oxygen atoms in total. The highest BCUT2D eigenvalue weighted by molar-refractivity contribution is 7.90. The summed E-state index contributed by atoms with van der Waals surface area (Å²) < 4.78 is 37.7. The molecule has 1 amide bonds. The average molecular weight is 397 g/mol. The van der Waals surface area contributed by atoms with E-state index in [4.69, 9.17) is 9.47 Å². The van der Waals surface area contributed by atoms with Gasteiger partial charge in [-0.05, 0) is 42.9 Å². The number of methoxy groups -OCH3 is 2. The molecular formula is C19H28N2O5S. The molecule has 0 bridgehead atoms. The predicted octanol–water partition coefficient (Wildman–Crippen LogP) is 1.14. The summed E-state index contributed by atoms with van der Waals surface area (Å²) in [5.41, 5.74) is 1.09. The molecule has 0 spiro atoms. The van der Waals surface area contributed by atoms with E-state index >= 15 is 0 Å². The third-order valence-corrected chi connectivity index (χ3v) is 8.03. The van der Waals surface area contributed by atoms with Crippen molar-refractivity contribution in [2.24, 2.45) is 5.92 Å². The Hall–Kier alpha value is -1.64.